The van der Waals surface area contributed by atoms with E-state index in [1.807, 2.05) is 20.8 Å². The predicted molar refractivity (Wildman–Crippen MR) is 120 cm³/mol. The van der Waals surface area contributed by atoms with Gasteiger partial charge in [-0.15, -0.1) is 0 Å². The molecule has 192 valence electrons. The van der Waals surface area contributed by atoms with Crippen LogP contribution < -0.4 is 0 Å². The van der Waals surface area contributed by atoms with Crippen LogP contribution in [0.25, 0.3) is 0 Å². The molecule has 0 saturated carbocycles. The minimum absolute atomic E-state index is 0.143. The van der Waals surface area contributed by atoms with Gasteiger partial charge in [-0.3, -0.25) is 9.59 Å². The van der Waals surface area contributed by atoms with Gasteiger partial charge in [0, 0.05) is 20.3 Å². The summed E-state index contributed by atoms with van der Waals surface area (Å²) in [6.07, 6.45) is -0.512. The summed E-state index contributed by atoms with van der Waals surface area (Å²) in [6, 6.07) is 0. The summed E-state index contributed by atoms with van der Waals surface area (Å²) in [6.45, 7) is 12.4. The first-order valence-corrected chi connectivity index (χ1v) is 11.4. The molecule has 10 nitrogen and oxygen atoms in total. The van der Waals surface area contributed by atoms with Crippen molar-refractivity contribution in [2.45, 2.75) is 85.9 Å². The smallest absolute Gasteiger partial charge is 0.378 e. The molecular formula is C25H32O10. The summed E-state index contributed by atoms with van der Waals surface area (Å²) in [4.78, 5) is 47.9. The van der Waals surface area contributed by atoms with Crippen molar-refractivity contribution in [2.75, 3.05) is 6.61 Å². The van der Waals surface area contributed by atoms with Crippen molar-refractivity contribution in [3.63, 3.8) is 0 Å². The Hall–Kier alpha value is -2.98. The molecule has 0 aromatic carbocycles. The second kappa shape index (κ2) is 10.3. The molecule has 0 aromatic heterocycles. The van der Waals surface area contributed by atoms with Gasteiger partial charge in [0.15, 0.2) is 6.10 Å². The molecule has 0 spiro atoms. The van der Waals surface area contributed by atoms with Gasteiger partial charge < -0.3 is 28.4 Å². The molecule has 1 aliphatic carbocycles. The van der Waals surface area contributed by atoms with Crippen molar-refractivity contribution >= 4 is 23.9 Å². The molecule has 0 aromatic rings. The fourth-order valence-corrected chi connectivity index (χ4v) is 4.58. The molecule has 4 atom stereocenters. The molecule has 1 fully saturated rings. The number of esters is 4. The third-order valence-electron chi connectivity index (χ3n) is 5.82. The lowest BCUT2D eigenvalue weighted by Crippen LogP contribution is -2.36. The monoisotopic (exact) mass is 492 g/mol. The number of carbonyl (C=O) groups excluding carboxylic acids is 4. The molecular weight excluding hydrogens is 460 g/mol. The van der Waals surface area contributed by atoms with Gasteiger partial charge in [0.25, 0.3) is 12.0 Å². The van der Waals surface area contributed by atoms with Crippen molar-refractivity contribution in [1.82, 2.24) is 0 Å². The van der Waals surface area contributed by atoms with Crippen LogP contribution in [-0.2, 0) is 47.6 Å². The molecule has 1 saturated heterocycles. The zero-order valence-corrected chi connectivity index (χ0v) is 21.1. The van der Waals surface area contributed by atoms with Crippen LogP contribution in [0.2, 0.25) is 0 Å². The zero-order chi connectivity index (χ0) is 26.1. The number of rotatable bonds is 6. The molecule has 0 N–H and O–H groups in total. The highest BCUT2D eigenvalue weighted by Gasteiger charge is 2.49. The summed E-state index contributed by atoms with van der Waals surface area (Å²) in [5.41, 5.74) is 3.42. The second-order valence-electron chi connectivity index (χ2n) is 9.81. The van der Waals surface area contributed by atoms with E-state index in [1.165, 1.54) is 11.1 Å². The van der Waals surface area contributed by atoms with Gasteiger partial charge in [0.1, 0.15) is 12.2 Å². The Morgan fingerprint density at radius 1 is 1.06 bits per heavy atom. The Morgan fingerprint density at radius 3 is 2.29 bits per heavy atom. The van der Waals surface area contributed by atoms with E-state index in [4.69, 9.17) is 28.4 Å². The molecule has 0 bridgehead atoms. The Kier molecular flexibility index (Phi) is 7.86. The van der Waals surface area contributed by atoms with Crippen LogP contribution in [0.1, 0.15) is 61.3 Å². The topological polar surface area (TPSA) is 124 Å². The molecule has 10 heteroatoms. The maximum absolute atomic E-state index is 12.8. The number of ether oxygens (including phenoxy) is 6. The van der Waals surface area contributed by atoms with E-state index in [2.05, 4.69) is 19.9 Å². The lowest BCUT2D eigenvalue weighted by molar-refractivity contribution is -0.184. The van der Waals surface area contributed by atoms with Crippen molar-refractivity contribution < 1.29 is 47.6 Å². The highest BCUT2D eigenvalue weighted by molar-refractivity contribution is 5.93. The minimum Gasteiger partial charge on any atom is -0.458 e. The third kappa shape index (κ3) is 6.18. The average Bonchev–Trinajstić information content (AvgIpc) is 3.30. The average molecular weight is 493 g/mol. The van der Waals surface area contributed by atoms with Crippen LogP contribution in [0, 0.1) is 5.41 Å². The Bertz CT molecular complexity index is 1010. The summed E-state index contributed by atoms with van der Waals surface area (Å²) < 4.78 is 31.9. The lowest BCUT2D eigenvalue weighted by atomic mass is 9.71. The largest absolute Gasteiger partial charge is 0.458 e. The fourth-order valence-electron chi connectivity index (χ4n) is 4.58. The SMILES string of the molecule is CC(=O)OC1=C(OC(C)=O)[C@@H]([C@@H]2COC(C(=O)OC3CC(C)=C(C=C(C)C)C(C)(C)C3)O2)OC1=O. The highest BCUT2D eigenvalue weighted by Crippen LogP contribution is 2.42. The zero-order valence-electron chi connectivity index (χ0n) is 21.1. The first-order valence-electron chi connectivity index (χ1n) is 11.4. The van der Waals surface area contributed by atoms with Crippen molar-refractivity contribution in [3.05, 3.63) is 34.3 Å². The number of hydrogen-bond donors (Lipinski definition) is 0. The van der Waals surface area contributed by atoms with Gasteiger partial charge in [-0.2, -0.15) is 0 Å². The quantitative estimate of drug-likeness (QED) is 0.404. The standard InChI is InChI=1S/C25H32O10/c1-12(2)8-17-13(3)9-16(10-25(17,6)7)33-23(29)24-30-11-18(34-24)19-20(31-14(4)26)21(22(28)35-19)32-15(5)27/h8,16,18-19,24H,9-11H2,1-7H3/t16?,18-,19+,24?/m0/s1. The normalized spacial score (nSPS) is 27.9. The van der Waals surface area contributed by atoms with Gasteiger partial charge in [-0.1, -0.05) is 31.1 Å². The maximum atomic E-state index is 12.8. The van der Waals surface area contributed by atoms with Gasteiger partial charge in [-0.05, 0) is 38.2 Å². The van der Waals surface area contributed by atoms with Crippen LogP contribution in [0.15, 0.2) is 34.3 Å². The van der Waals surface area contributed by atoms with Crippen LogP contribution >= 0.6 is 0 Å². The predicted octanol–water partition coefficient (Wildman–Crippen LogP) is 3.01. The second-order valence-corrected chi connectivity index (χ2v) is 9.81. The molecule has 2 aliphatic heterocycles. The van der Waals surface area contributed by atoms with Crippen molar-refractivity contribution in [3.8, 4) is 0 Å². The van der Waals surface area contributed by atoms with Crippen LogP contribution in [-0.4, -0.2) is 55.1 Å². The number of cyclic esters (lactones) is 1. The lowest BCUT2D eigenvalue weighted by Gasteiger charge is -2.37. The van der Waals surface area contributed by atoms with E-state index in [0.717, 1.165) is 19.4 Å². The van der Waals surface area contributed by atoms with Crippen molar-refractivity contribution in [2.24, 2.45) is 5.41 Å². The fraction of sp³-hybridized carbons (Fsp3) is 0.600. The summed E-state index contributed by atoms with van der Waals surface area (Å²) in [7, 11) is 0. The van der Waals surface area contributed by atoms with E-state index in [-0.39, 0.29) is 23.9 Å². The van der Waals surface area contributed by atoms with E-state index < -0.39 is 48.1 Å². The minimum atomic E-state index is -1.35. The van der Waals surface area contributed by atoms with Crippen LogP contribution in [0.3, 0.4) is 0 Å². The molecule has 0 radical (unpaired) electrons. The van der Waals surface area contributed by atoms with Crippen molar-refractivity contribution in [1.29, 1.82) is 0 Å². The first kappa shape index (κ1) is 26.6. The summed E-state index contributed by atoms with van der Waals surface area (Å²) >= 11 is 0. The van der Waals surface area contributed by atoms with Gasteiger partial charge in [0.05, 0.1) is 6.61 Å². The van der Waals surface area contributed by atoms with E-state index in [0.29, 0.717) is 12.8 Å². The van der Waals surface area contributed by atoms with Gasteiger partial charge >= 0.3 is 23.9 Å². The van der Waals surface area contributed by atoms with E-state index in [1.54, 1.807) is 0 Å². The molecule has 3 aliphatic rings. The van der Waals surface area contributed by atoms with Gasteiger partial charge in [-0.25, -0.2) is 9.59 Å². The molecule has 0 amide bonds. The number of carbonyl (C=O) groups is 4. The first-order chi connectivity index (χ1) is 16.3. The van der Waals surface area contributed by atoms with Crippen LogP contribution in [0.4, 0.5) is 0 Å². The Morgan fingerprint density at radius 2 is 1.71 bits per heavy atom. The summed E-state index contributed by atoms with van der Waals surface area (Å²) in [5, 5.41) is 0. The molecule has 35 heavy (non-hydrogen) atoms. The van der Waals surface area contributed by atoms with E-state index >= 15 is 0 Å². The van der Waals surface area contributed by atoms with Gasteiger partial charge in [0.2, 0.25) is 5.76 Å². The molecule has 2 heterocycles. The maximum Gasteiger partial charge on any atom is 0.378 e. The molecule has 2 unspecified atom stereocenters. The number of hydrogen-bond acceptors (Lipinski definition) is 10. The number of allylic oxidation sites excluding steroid dienone is 3. The Balaban J connectivity index is 1.68. The Labute approximate surface area is 204 Å². The van der Waals surface area contributed by atoms with Crippen LogP contribution in [0.5, 0.6) is 0 Å². The molecule has 3 rings (SSSR count). The third-order valence-corrected chi connectivity index (χ3v) is 5.82. The van der Waals surface area contributed by atoms with E-state index in [9.17, 15) is 19.2 Å². The summed E-state index contributed by atoms with van der Waals surface area (Å²) in [5.74, 6) is -4.07. The highest BCUT2D eigenvalue weighted by atomic mass is 16.8.